The van der Waals surface area contributed by atoms with Gasteiger partial charge in [-0.1, -0.05) is 0 Å². The molecule has 1 aromatic heterocycles. The Bertz CT molecular complexity index is 634. The molecule has 1 heterocycles. The molecule has 1 saturated carbocycles. The molecule has 0 radical (unpaired) electrons. The number of carboxylic acid groups (broad SMARTS) is 1. The van der Waals surface area contributed by atoms with Gasteiger partial charge in [-0.05, 0) is 59.4 Å². The van der Waals surface area contributed by atoms with E-state index in [9.17, 15) is 9.59 Å². The normalized spacial score (nSPS) is 20.6. The Morgan fingerprint density at radius 3 is 2.32 bits per heavy atom. The molecule has 0 spiro atoms. The van der Waals surface area contributed by atoms with Crippen molar-refractivity contribution in [3.63, 3.8) is 0 Å². The van der Waals surface area contributed by atoms with Crippen LogP contribution in [-0.4, -0.2) is 44.8 Å². The number of amides is 1. The number of rotatable bonds is 4. The predicted octanol–water partition coefficient (Wildman–Crippen LogP) is 2.73. The van der Waals surface area contributed by atoms with Crippen molar-refractivity contribution in [2.24, 2.45) is 0 Å². The Morgan fingerprint density at radius 1 is 1.16 bits per heavy atom. The number of carboxylic acids is 1. The van der Waals surface area contributed by atoms with Gasteiger partial charge in [-0.2, -0.15) is 0 Å². The number of nitrogens with zero attached hydrogens (tertiary/aromatic N) is 2. The summed E-state index contributed by atoms with van der Waals surface area (Å²) in [5.41, 5.74) is 0.0816. The second kappa shape index (κ2) is 7.67. The molecule has 3 N–H and O–H groups in total. The van der Waals surface area contributed by atoms with Gasteiger partial charge in [0.05, 0.1) is 0 Å². The van der Waals surface area contributed by atoms with Crippen molar-refractivity contribution in [1.29, 1.82) is 0 Å². The van der Waals surface area contributed by atoms with E-state index in [0.29, 0.717) is 11.6 Å². The van der Waals surface area contributed by atoms with E-state index in [1.165, 1.54) is 6.07 Å². The number of nitrogens with one attached hydrogen (secondary N) is 2. The summed E-state index contributed by atoms with van der Waals surface area (Å²) in [6.07, 6.45) is 2.90. The van der Waals surface area contributed by atoms with Crippen molar-refractivity contribution in [1.82, 2.24) is 15.3 Å². The van der Waals surface area contributed by atoms with Crippen LogP contribution < -0.4 is 10.6 Å². The maximum Gasteiger partial charge on any atom is 0.407 e. The Morgan fingerprint density at radius 2 is 1.76 bits per heavy atom. The van der Waals surface area contributed by atoms with Crippen LogP contribution in [0.1, 0.15) is 62.6 Å². The van der Waals surface area contributed by atoms with E-state index in [1.54, 1.807) is 6.92 Å². The number of carbonyl (C=O) groups is 2. The van der Waals surface area contributed by atoms with Crippen LogP contribution in [0.5, 0.6) is 0 Å². The average molecular weight is 350 g/mol. The Kier molecular flexibility index (Phi) is 5.81. The Hall–Kier alpha value is -2.38. The molecule has 1 aliphatic rings. The molecule has 0 aromatic carbocycles. The van der Waals surface area contributed by atoms with Crippen LogP contribution in [0.2, 0.25) is 0 Å². The number of aromatic nitrogens is 2. The fraction of sp³-hybridized carbons (Fsp3) is 0.647. The number of anilines is 1. The van der Waals surface area contributed by atoms with Crippen LogP contribution in [0.25, 0.3) is 0 Å². The minimum atomic E-state index is -1.07. The SMILES string of the molecule is Cc1cc(C(=O)O)nc(NC2CCC(NC(=O)OC(C)(C)C)CC2)n1. The second-order valence-electron chi connectivity index (χ2n) is 7.36. The lowest BCUT2D eigenvalue weighted by Crippen LogP contribution is -2.42. The van der Waals surface area contributed by atoms with Crippen LogP contribution in [0.15, 0.2) is 6.07 Å². The maximum atomic E-state index is 11.8. The lowest BCUT2D eigenvalue weighted by Gasteiger charge is -2.30. The number of aromatic carboxylic acids is 1. The first-order chi connectivity index (χ1) is 11.6. The van der Waals surface area contributed by atoms with Crippen molar-refractivity contribution >= 4 is 18.0 Å². The highest BCUT2D eigenvalue weighted by Gasteiger charge is 2.25. The summed E-state index contributed by atoms with van der Waals surface area (Å²) in [5, 5.41) is 15.2. The van der Waals surface area contributed by atoms with Crippen molar-refractivity contribution in [2.45, 2.75) is 71.1 Å². The zero-order chi connectivity index (χ0) is 18.6. The third-order valence-corrected chi connectivity index (χ3v) is 3.85. The van der Waals surface area contributed by atoms with Crippen molar-refractivity contribution in [2.75, 3.05) is 5.32 Å². The van der Waals surface area contributed by atoms with Crippen molar-refractivity contribution < 1.29 is 19.4 Å². The van der Waals surface area contributed by atoms with E-state index in [2.05, 4.69) is 20.6 Å². The summed E-state index contributed by atoms with van der Waals surface area (Å²) in [7, 11) is 0. The second-order valence-corrected chi connectivity index (χ2v) is 7.36. The van der Waals surface area contributed by atoms with Gasteiger partial charge in [-0.25, -0.2) is 19.6 Å². The van der Waals surface area contributed by atoms with Gasteiger partial charge < -0.3 is 20.5 Å². The molecule has 2 rings (SSSR count). The average Bonchev–Trinajstić information content (AvgIpc) is 2.46. The van der Waals surface area contributed by atoms with Crippen molar-refractivity contribution in [3.05, 3.63) is 17.5 Å². The fourth-order valence-electron chi connectivity index (χ4n) is 2.78. The molecule has 0 saturated heterocycles. The first-order valence-corrected chi connectivity index (χ1v) is 8.47. The van der Waals surface area contributed by atoms with Gasteiger partial charge in [0.15, 0.2) is 5.69 Å². The third kappa shape index (κ3) is 6.21. The zero-order valence-electron chi connectivity index (χ0n) is 15.1. The molecule has 1 aliphatic carbocycles. The van der Waals surface area contributed by atoms with Gasteiger partial charge in [0, 0.05) is 17.8 Å². The number of carbonyl (C=O) groups excluding carboxylic acids is 1. The molecular weight excluding hydrogens is 324 g/mol. The standard InChI is InChI=1S/C17H26N4O4/c1-10-9-13(14(22)23)21-15(18-10)19-11-5-7-12(8-6-11)20-16(24)25-17(2,3)4/h9,11-12H,5-8H2,1-4H3,(H,20,24)(H,22,23)(H,18,19,21). The molecule has 0 bridgehead atoms. The fourth-order valence-corrected chi connectivity index (χ4v) is 2.78. The van der Waals surface area contributed by atoms with E-state index in [-0.39, 0.29) is 17.8 Å². The van der Waals surface area contributed by atoms with Gasteiger partial charge in [0.25, 0.3) is 0 Å². The smallest absolute Gasteiger partial charge is 0.407 e. The summed E-state index contributed by atoms with van der Waals surface area (Å²) in [4.78, 5) is 31.2. The molecule has 0 aliphatic heterocycles. The highest BCUT2D eigenvalue weighted by Crippen LogP contribution is 2.22. The van der Waals surface area contributed by atoms with Crippen LogP contribution in [-0.2, 0) is 4.74 Å². The van der Waals surface area contributed by atoms with E-state index < -0.39 is 17.7 Å². The van der Waals surface area contributed by atoms with Gasteiger partial charge >= 0.3 is 12.1 Å². The van der Waals surface area contributed by atoms with E-state index in [0.717, 1.165) is 25.7 Å². The van der Waals surface area contributed by atoms with Crippen LogP contribution in [0.3, 0.4) is 0 Å². The topological polar surface area (TPSA) is 113 Å². The summed E-state index contributed by atoms with van der Waals surface area (Å²) in [5.74, 6) is -0.736. The van der Waals surface area contributed by atoms with Crippen LogP contribution in [0.4, 0.5) is 10.7 Å². The van der Waals surface area contributed by atoms with E-state index in [4.69, 9.17) is 9.84 Å². The number of hydrogen-bond donors (Lipinski definition) is 3. The monoisotopic (exact) mass is 350 g/mol. The summed E-state index contributed by atoms with van der Waals surface area (Å²) >= 11 is 0. The molecular formula is C17H26N4O4. The summed E-state index contributed by atoms with van der Waals surface area (Å²) < 4.78 is 5.27. The number of ether oxygens (including phenoxy) is 1. The maximum absolute atomic E-state index is 11.8. The lowest BCUT2D eigenvalue weighted by atomic mass is 9.91. The molecule has 8 heteroatoms. The zero-order valence-corrected chi connectivity index (χ0v) is 15.1. The summed E-state index contributed by atoms with van der Waals surface area (Å²) in [6.45, 7) is 7.24. The predicted molar refractivity (Wildman–Crippen MR) is 92.8 cm³/mol. The number of hydrogen-bond acceptors (Lipinski definition) is 6. The highest BCUT2D eigenvalue weighted by molar-refractivity contribution is 5.85. The Labute approximate surface area is 147 Å². The van der Waals surface area contributed by atoms with E-state index in [1.807, 2.05) is 20.8 Å². The minimum Gasteiger partial charge on any atom is -0.477 e. The highest BCUT2D eigenvalue weighted by atomic mass is 16.6. The molecule has 1 fully saturated rings. The van der Waals surface area contributed by atoms with Crippen molar-refractivity contribution in [3.8, 4) is 0 Å². The molecule has 138 valence electrons. The van der Waals surface area contributed by atoms with E-state index >= 15 is 0 Å². The number of alkyl carbamates (subject to hydrolysis) is 1. The van der Waals surface area contributed by atoms with Gasteiger partial charge in [-0.3, -0.25) is 0 Å². The molecule has 8 nitrogen and oxygen atoms in total. The van der Waals surface area contributed by atoms with Crippen LogP contribution in [0, 0.1) is 6.92 Å². The van der Waals surface area contributed by atoms with Crippen LogP contribution >= 0.6 is 0 Å². The van der Waals surface area contributed by atoms with Gasteiger partial charge in [0.2, 0.25) is 5.95 Å². The van der Waals surface area contributed by atoms with Gasteiger partial charge in [-0.15, -0.1) is 0 Å². The quantitative estimate of drug-likeness (QED) is 0.765. The lowest BCUT2D eigenvalue weighted by molar-refractivity contribution is 0.0491. The largest absolute Gasteiger partial charge is 0.477 e. The molecule has 1 amide bonds. The molecule has 0 unspecified atom stereocenters. The Balaban J connectivity index is 1.85. The molecule has 25 heavy (non-hydrogen) atoms. The molecule has 1 aromatic rings. The van der Waals surface area contributed by atoms with Gasteiger partial charge in [0.1, 0.15) is 5.60 Å². The number of aryl methyl sites for hydroxylation is 1. The summed E-state index contributed by atoms with van der Waals surface area (Å²) in [6, 6.07) is 1.68. The third-order valence-electron chi connectivity index (χ3n) is 3.85. The first kappa shape index (κ1) is 19.0. The first-order valence-electron chi connectivity index (χ1n) is 8.47. The molecule has 0 atom stereocenters. The minimum absolute atomic E-state index is 0.0183.